The molecule has 2 aromatic heterocycles. The number of ether oxygens (including phenoxy) is 1. The number of aromatic nitrogens is 4. The summed E-state index contributed by atoms with van der Waals surface area (Å²) >= 11 is 0. The Bertz CT molecular complexity index is 1590. The summed E-state index contributed by atoms with van der Waals surface area (Å²) in [6, 6.07) is 11.3. The molecule has 2 aromatic carbocycles. The summed E-state index contributed by atoms with van der Waals surface area (Å²) in [4.78, 5) is 34.4. The number of methoxy groups -OCH3 is 1. The molecule has 5 rings (SSSR count). The summed E-state index contributed by atoms with van der Waals surface area (Å²) < 4.78 is 20.1. The molecule has 2 N–H and O–H groups in total. The monoisotopic (exact) mass is 551 g/mol. The summed E-state index contributed by atoms with van der Waals surface area (Å²) in [5, 5.41) is 10.8. The normalized spacial score (nSPS) is 15.2. The van der Waals surface area contributed by atoms with Crippen molar-refractivity contribution in [3.63, 3.8) is 0 Å². The molecule has 1 atom stereocenters. The molecule has 1 unspecified atom stereocenters. The van der Waals surface area contributed by atoms with Crippen LogP contribution in [0.2, 0.25) is 0 Å². The first-order valence-corrected chi connectivity index (χ1v) is 14.1. The van der Waals surface area contributed by atoms with E-state index < -0.39 is 16.4 Å². The lowest BCUT2D eigenvalue weighted by molar-refractivity contribution is -0.122. The van der Waals surface area contributed by atoms with Crippen LogP contribution >= 0.6 is 0 Å². The van der Waals surface area contributed by atoms with E-state index in [1.54, 1.807) is 17.7 Å². The van der Waals surface area contributed by atoms with Gasteiger partial charge in [-0.2, -0.15) is 4.98 Å². The van der Waals surface area contributed by atoms with Gasteiger partial charge in [0.1, 0.15) is 10.8 Å². The molecule has 1 saturated heterocycles. The molecule has 1 aliphatic heterocycles. The first kappa shape index (κ1) is 27.0. The van der Waals surface area contributed by atoms with Gasteiger partial charge < -0.3 is 15.0 Å². The number of benzene rings is 2. The lowest BCUT2D eigenvalue weighted by Crippen LogP contribution is -2.49. The number of fused-ring (bicyclic) bond motifs is 3. The number of anilines is 1. The van der Waals surface area contributed by atoms with Gasteiger partial charge in [-0.1, -0.05) is 17.7 Å². The number of H-pyrrole nitrogens is 1. The Labute approximate surface area is 228 Å². The number of carbonyl (C=O) groups is 1. The second-order valence-corrected chi connectivity index (χ2v) is 11.2. The largest absolute Gasteiger partial charge is 0.385 e. The van der Waals surface area contributed by atoms with Crippen molar-refractivity contribution < 1.29 is 13.7 Å². The summed E-state index contributed by atoms with van der Waals surface area (Å²) in [7, 11) is 0.0462. The zero-order chi connectivity index (χ0) is 27.5. The molecule has 4 aromatic rings. The average Bonchev–Trinajstić information content (AvgIpc) is 3.35. The van der Waals surface area contributed by atoms with Crippen molar-refractivity contribution in [3.05, 3.63) is 57.9 Å². The van der Waals surface area contributed by atoms with Crippen LogP contribution in [0.4, 0.5) is 5.69 Å². The highest BCUT2D eigenvalue weighted by molar-refractivity contribution is 7.85. The standard InChI is InChI=1S/C27H33N7O4S/c1-18-5-8-23(19(2)15-18)39(37)27-25-29-26(36)21-7-6-20(16-22(21)34(25)31-30-27)33-12-10-32(11-13-33)17-24(35)28-9-4-14-38-3/h5-8,15-16,31H,4,9-14,17H2,1-3H3,(H,28,35). The van der Waals surface area contributed by atoms with Crippen LogP contribution < -0.4 is 15.8 Å². The van der Waals surface area contributed by atoms with Crippen LogP contribution in [0.3, 0.4) is 0 Å². The van der Waals surface area contributed by atoms with E-state index in [4.69, 9.17) is 4.74 Å². The topological polar surface area (TPSA) is 125 Å². The fourth-order valence-corrected chi connectivity index (χ4v) is 6.07. The molecule has 1 amide bonds. The molecule has 0 spiro atoms. The number of aryl methyl sites for hydroxylation is 2. The Morgan fingerprint density at radius 2 is 1.92 bits per heavy atom. The highest BCUT2D eigenvalue weighted by Gasteiger charge is 2.22. The van der Waals surface area contributed by atoms with Crippen LogP contribution in [-0.2, 0) is 20.3 Å². The molecule has 0 radical (unpaired) electrons. The van der Waals surface area contributed by atoms with Crippen molar-refractivity contribution in [2.45, 2.75) is 30.2 Å². The van der Waals surface area contributed by atoms with Crippen LogP contribution in [0.5, 0.6) is 0 Å². The van der Waals surface area contributed by atoms with E-state index in [1.807, 2.05) is 44.2 Å². The smallest absolute Gasteiger partial charge is 0.281 e. The molecule has 0 saturated carbocycles. The second kappa shape index (κ2) is 11.6. The van der Waals surface area contributed by atoms with Crippen LogP contribution in [-0.4, -0.2) is 87.8 Å². The Morgan fingerprint density at radius 1 is 1.13 bits per heavy atom. The van der Waals surface area contributed by atoms with Crippen LogP contribution in [0, 0.1) is 13.8 Å². The zero-order valence-corrected chi connectivity index (χ0v) is 23.2. The van der Waals surface area contributed by atoms with E-state index in [2.05, 4.69) is 30.4 Å². The van der Waals surface area contributed by atoms with Gasteiger partial charge >= 0.3 is 0 Å². The van der Waals surface area contributed by atoms with Crippen molar-refractivity contribution in [2.75, 3.05) is 57.9 Å². The van der Waals surface area contributed by atoms with Gasteiger partial charge in [0, 0.05) is 57.0 Å². The van der Waals surface area contributed by atoms with E-state index in [-0.39, 0.29) is 16.6 Å². The highest BCUT2D eigenvalue weighted by atomic mass is 32.2. The number of piperazine rings is 1. The Morgan fingerprint density at radius 3 is 2.67 bits per heavy atom. The van der Waals surface area contributed by atoms with Crippen molar-refractivity contribution in [1.29, 1.82) is 0 Å². The minimum Gasteiger partial charge on any atom is -0.385 e. The molecule has 3 heterocycles. The van der Waals surface area contributed by atoms with Gasteiger partial charge in [0.15, 0.2) is 10.7 Å². The number of aromatic amines is 1. The van der Waals surface area contributed by atoms with Gasteiger partial charge in [-0.3, -0.25) is 14.5 Å². The zero-order valence-electron chi connectivity index (χ0n) is 22.4. The van der Waals surface area contributed by atoms with Crippen LogP contribution in [0.1, 0.15) is 17.5 Å². The van der Waals surface area contributed by atoms with E-state index in [0.29, 0.717) is 35.5 Å². The molecule has 11 nitrogen and oxygen atoms in total. The molecule has 1 aliphatic rings. The van der Waals surface area contributed by atoms with Crippen LogP contribution in [0.25, 0.3) is 16.6 Å². The molecular formula is C27H33N7O4S. The molecule has 0 bridgehead atoms. The summed E-state index contributed by atoms with van der Waals surface area (Å²) in [6.07, 6.45) is 0.795. The van der Waals surface area contributed by atoms with E-state index in [9.17, 15) is 13.8 Å². The second-order valence-electron chi connectivity index (χ2n) is 9.79. The van der Waals surface area contributed by atoms with E-state index in [0.717, 1.165) is 49.4 Å². The van der Waals surface area contributed by atoms with Crippen molar-refractivity contribution in [3.8, 4) is 0 Å². The Balaban J connectivity index is 1.35. The molecule has 0 aliphatic carbocycles. The third-order valence-corrected chi connectivity index (χ3v) is 8.46. The van der Waals surface area contributed by atoms with E-state index >= 15 is 0 Å². The Hall–Kier alpha value is -3.61. The lowest BCUT2D eigenvalue weighted by atomic mass is 10.2. The predicted octanol–water partition coefficient (Wildman–Crippen LogP) is 1.63. The van der Waals surface area contributed by atoms with Crippen LogP contribution in [0.15, 0.2) is 51.1 Å². The highest BCUT2D eigenvalue weighted by Crippen LogP contribution is 2.25. The number of amides is 1. The number of hydrogen-bond donors (Lipinski definition) is 2. The number of nitrogens with one attached hydrogen (secondary N) is 2. The molecule has 12 heteroatoms. The van der Waals surface area contributed by atoms with Gasteiger partial charge in [-0.25, -0.2) is 13.9 Å². The van der Waals surface area contributed by atoms with Gasteiger partial charge in [0.2, 0.25) is 5.91 Å². The molecule has 39 heavy (non-hydrogen) atoms. The maximum Gasteiger partial charge on any atom is 0.281 e. The number of carbonyl (C=O) groups excluding carboxylic acids is 1. The maximum atomic E-state index is 13.4. The minimum atomic E-state index is -1.60. The van der Waals surface area contributed by atoms with Crippen molar-refractivity contribution >= 4 is 38.9 Å². The third kappa shape index (κ3) is 5.72. The van der Waals surface area contributed by atoms with Gasteiger partial charge in [-0.15, -0.1) is 5.10 Å². The van der Waals surface area contributed by atoms with Gasteiger partial charge in [-0.05, 0) is 50.1 Å². The number of hydrogen-bond acceptors (Lipinski definition) is 8. The average molecular weight is 552 g/mol. The first-order chi connectivity index (χ1) is 18.9. The fraction of sp³-hybridized carbons (Fsp3) is 0.407. The van der Waals surface area contributed by atoms with Gasteiger partial charge in [0.25, 0.3) is 5.56 Å². The molecular weight excluding hydrogens is 518 g/mol. The predicted molar refractivity (Wildman–Crippen MR) is 150 cm³/mol. The maximum absolute atomic E-state index is 13.4. The Kier molecular flexibility index (Phi) is 8.05. The fourth-order valence-electron chi connectivity index (χ4n) is 4.90. The summed E-state index contributed by atoms with van der Waals surface area (Å²) in [5.74, 6) is 0.0211. The quantitative estimate of drug-likeness (QED) is 0.301. The third-order valence-electron chi connectivity index (χ3n) is 6.97. The van der Waals surface area contributed by atoms with Gasteiger partial charge in [0.05, 0.1) is 17.4 Å². The first-order valence-electron chi connectivity index (χ1n) is 13.0. The SMILES string of the molecule is COCCCNC(=O)CN1CCN(c2ccc3c(=O)nc4c(S(=O)c5ccc(C)cc5C)n[nH]n4c3c2)CC1. The number of rotatable bonds is 9. The minimum absolute atomic E-state index is 0.0211. The van der Waals surface area contributed by atoms with Crippen molar-refractivity contribution in [1.82, 2.24) is 30.0 Å². The lowest BCUT2D eigenvalue weighted by Gasteiger charge is -2.35. The summed E-state index contributed by atoms with van der Waals surface area (Å²) in [5.41, 5.74) is 3.41. The number of nitrogens with zero attached hydrogens (tertiary/aromatic N) is 5. The summed E-state index contributed by atoms with van der Waals surface area (Å²) in [6.45, 7) is 8.49. The molecule has 206 valence electrons. The molecule has 1 fully saturated rings. The van der Waals surface area contributed by atoms with E-state index in [1.165, 1.54) is 0 Å². The van der Waals surface area contributed by atoms with Crippen molar-refractivity contribution in [2.24, 2.45) is 0 Å².